The number of rotatable bonds is 3. The van der Waals surface area contributed by atoms with Crippen LogP contribution < -0.4 is 0 Å². The molecule has 1 saturated carbocycles. The second-order valence-electron chi connectivity index (χ2n) is 4.55. The van der Waals surface area contributed by atoms with E-state index in [1.165, 1.54) is 12.8 Å². The molecule has 0 heterocycles. The van der Waals surface area contributed by atoms with E-state index in [0.29, 0.717) is 10.9 Å². The van der Waals surface area contributed by atoms with Crippen LogP contribution in [0.25, 0.3) is 0 Å². The number of aliphatic hydroxyl groups is 1. The molecule has 1 atom stereocenters. The van der Waals surface area contributed by atoms with Crippen molar-refractivity contribution in [1.82, 2.24) is 0 Å². The third-order valence-corrected chi connectivity index (χ3v) is 3.70. The highest BCUT2D eigenvalue weighted by Gasteiger charge is 2.34. The van der Waals surface area contributed by atoms with Crippen LogP contribution in [0.4, 0.5) is 0 Å². The molecule has 0 bridgehead atoms. The summed E-state index contributed by atoms with van der Waals surface area (Å²) in [6.45, 7) is 1.85. The average Bonchev–Trinajstić information content (AvgIpc) is 2.86. The van der Waals surface area contributed by atoms with Gasteiger partial charge >= 0.3 is 0 Å². The van der Waals surface area contributed by atoms with E-state index < -0.39 is 5.60 Å². The molecular weight excluding hydrogens is 275 g/mol. The van der Waals surface area contributed by atoms with Gasteiger partial charge < -0.3 is 5.11 Å². The fraction of sp³-hybridized carbons (Fsp3) is 0.500. The van der Waals surface area contributed by atoms with Gasteiger partial charge in [0, 0.05) is 15.1 Å². The zero-order valence-corrected chi connectivity index (χ0v) is 11.0. The molecule has 0 aliphatic heterocycles. The van der Waals surface area contributed by atoms with Gasteiger partial charge in [0.15, 0.2) is 0 Å². The maximum absolute atomic E-state index is 10.4. The normalized spacial score (nSPS) is 20.0. The Morgan fingerprint density at radius 2 is 2.20 bits per heavy atom. The van der Waals surface area contributed by atoms with Crippen LogP contribution in [0.2, 0.25) is 5.02 Å². The van der Waals surface area contributed by atoms with Crippen LogP contribution in [-0.4, -0.2) is 5.11 Å². The average molecular weight is 290 g/mol. The van der Waals surface area contributed by atoms with Gasteiger partial charge in [-0.05, 0) is 31.4 Å². The largest absolute Gasteiger partial charge is 0.385 e. The second-order valence-corrected chi connectivity index (χ2v) is 5.87. The highest BCUT2D eigenvalue weighted by atomic mass is 79.9. The molecule has 0 spiro atoms. The first kappa shape index (κ1) is 11.4. The third-order valence-electron chi connectivity index (χ3n) is 2.89. The van der Waals surface area contributed by atoms with Crippen LogP contribution in [0.1, 0.15) is 31.7 Å². The van der Waals surface area contributed by atoms with E-state index >= 15 is 0 Å². The predicted octanol–water partition coefficient (Wildman–Crippen LogP) is 4.11. The van der Waals surface area contributed by atoms with Crippen molar-refractivity contribution >= 4 is 27.5 Å². The number of halogens is 2. The van der Waals surface area contributed by atoms with Crippen molar-refractivity contribution in [2.24, 2.45) is 5.92 Å². The molecule has 0 saturated heterocycles. The lowest BCUT2D eigenvalue weighted by molar-refractivity contribution is 0.0418. The van der Waals surface area contributed by atoms with Crippen molar-refractivity contribution in [3.05, 3.63) is 33.3 Å². The van der Waals surface area contributed by atoms with Gasteiger partial charge in [0.1, 0.15) is 0 Å². The number of hydrogen-bond acceptors (Lipinski definition) is 1. The lowest BCUT2D eigenvalue weighted by atomic mass is 9.90. The second kappa shape index (κ2) is 4.08. The molecule has 1 unspecified atom stereocenters. The summed E-state index contributed by atoms with van der Waals surface area (Å²) in [5.41, 5.74) is 0.0399. The molecule has 1 aromatic rings. The molecule has 0 radical (unpaired) electrons. The highest BCUT2D eigenvalue weighted by molar-refractivity contribution is 9.10. The Hall–Kier alpha value is -0.0500. The Balaban J connectivity index is 2.25. The zero-order valence-electron chi connectivity index (χ0n) is 8.63. The maximum atomic E-state index is 10.4. The number of benzene rings is 1. The van der Waals surface area contributed by atoms with Gasteiger partial charge in [-0.15, -0.1) is 0 Å². The molecular formula is C12H14BrClO. The molecule has 1 aromatic carbocycles. The quantitative estimate of drug-likeness (QED) is 0.888. The van der Waals surface area contributed by atoms with Gasteiger partial charge in [-0.25, -0.2) is 0 Å². The smallest absolute Gasteiger partial charge is 0.0885 e. The topological polar surface area (TPSA) is 20.2 Å². The molecule has 15 heavy (non-hydrogen) atoms. The van der Waals surface area contributed by atoms with Crippen molar-refractivity contribution in [3.63, 3.8) is 0 Å². The van der Waals surface area contributed by atoms with E-state index in [9.17, 15) is 5.11 Å². The summed E-state index contributed by atoms with van der Waals surface area (Å²) in [6.07, 6.45) is 3.29. The first-order chi connectivity index (χ1) is 6.99. The molecule has 82 valence electrons. The van der Waals surface area contributed by atoms with Gasteiger partial charge in [0.05, 0.1) is 5.60 Å². The van der Waals surface area contributed by atoms with E-state index in [1.807, 2.05) is 25.1 Å². The van der Waals surface area contributed by atoms with Gasteiger partial charge in [-0.2, -0.15) is 0 Å². The Bertz CT molecular complexity index is 372. The lowest BCUT2D eigenvalue weighted by Gasteiger charge is -2.25. The van der Waals surface area contributed by atoms with Crippen molar-refractivity contribution in [3.8, 4) is 0 Å². The van der Waals surface area contributed by atoms with E-state index in [0.717, 1.165) is 16.5 Å². The molecule has 1 aliphatic carbocycles. The van der Waals surface area contributed by atoms with E-state index in [2.05, 4.69) is 15.9 Å². The first-order valence-corrected chi connectivity index (χ1v) is 6.34. The van der Waals surface area contributed by atoms with Crippen molar-refractivity contribution in [2.75, 3.05) is 0 Å². The van der Waals surface area contributed by atoms with Crippen LogP contribution in [-0.2, 0) is 5.60 Å². The molecule has 1 fully saturated rings. The lowest BCUT2D eigenvalue weighted by Crippen LogP contribution is -2.22. The zero-order chi connectivity index (χ0) is 11.1. The predicted molar refractivity (Wildman–Crippen MR) is 66.1 cm³/mol. The van der Waals surface area contributed by atoms with Crippen LogP contribution in [0.3, 0.4) is 0 Å². The Morgan fingerprint density at radius 1 is 1.53 bits per heavy atom. The molecule has 1 nitrogen and oxygen atoms in total. The molecule has 3 heteroatoms. The Kier molecular flexibility index (Phi) is 3.11. The van der Waals surface area contributed by atoms with Gasteiger partial charge in [0.2, 0.25) is 0 Å². The van der Waals surface area contributed by atoms with Gasteiger partial charge in [0.25, 0.3) is 0 Å². The minimum absolute atomic E-state index is 0.634. The fourth-order valence-electron chi connectivity index (χ4n) is 1.92. The molecule has 0 aromatic heterocycles. The monoisotopic (exact) mass is 288 g/mol. The molecule has 2 rings (SSSR count). The first-order valence-electron chi connectivity index (χ1n) is 5.17. The molecule has 1 aliphatic rings. The standard InChI is InChI=1S/C12H14BrClO/c1-12(15,7-8-2-3-8)10-5-4-9(13)6-11(10)14/h4-6,8,15H,2-3,7H2,1H3. The van der Waals surface area contributed by atoms with Crippen LogP contribution >= 0.6 is 27.5 Å². The van der Waals surface area contributed by atoms with Crippen molar-refractivity contribution in [2.45, 2.75) is 31.8 Å². The van der Waals surface area contributed by atoms with Crippen LogP contribution in [0.15, 0.2) is 22.7 Å². The summed E-state index contributed by atoms with van der Waals surface area (Å²) in [5, 5.41) is 11.0. The maximum Gasteiger partial charge on any atom is 0.0885 e. The van der Waals surface area contributed by atoms with Crippen LogP contribution in [0.5, 0.6) is 0 Å². The Morgan fingerprint density at radius 3 is 2.73 bits per heavy atom. The van der Waals surface area contributed by atoms with Crippen molar-refractivity contribution in [1.29, 1.82) is 0 Å². The van der Waals surface area contributed by atoms with Gasteiger partial charge in [-0.3, -0.25) is 0 Å². The minimum Gasteiger partial charge on any atom is -0.385 e. The third kappa shape index (κ3) is 2.74. The van der Waals surface area contributed by atoms with Crippen molar-refractivity contribution < 1.29 is 5.11 Å². The van der Waals surface area contributed by atoms with E-state index in [4.69, 9.17) is 11.6 Å². The molecule has 1 N–H and O–H groups in total. The SMILES string of the molecule is CC(O)(CC1CC1)c1ccc(Br)cc1Cl. The summed E-state index contributed by atoms with van der Waals surface area (Å²) < 4.78 is 0.943. The highest BCUT2D eigenvalue weighted by Crippen LogP contribution is 2.42. The fourth-order valence-corrected chi connectivity index (χ4v) is 2.80. The summed E-state index contributed by atoms with van der Waals surface area (Å²) >= 11 is 9.49. The van der Waals surface area contributed by atoms with Gasteiger partial charge in [-0.1, -0.05) is 46.4 Å². The van der Waals surface area contributed by atoms with E-state index in [1.54, 1.807) is 0 Å². The minimum atomic E-state index is -0.793. The Labute approximate surface area is 104 Å². The summed E-state index contributed by atoms with van der Waals surface area (Å²) in [7, 11) is 0. The summed E-state index contributed by atoms with van der Waals surface area (Å²) in [5.74, 6) is 0.680. The summed E-state index contributed by atoms with van der Waals surface area (Å²) in [6, 6.07) is 5.65. The number of hydrogen-bond donors (Lipinski definition) is 1. The summed E-state index contributed by atoms with van der Waals surface area (Å²) in [4.78, 5) is 0. The van der Waals surface area contributed by atoms with Crippen LogP contribution in [0, 0.1) is 5.92 Å². The van der Waals surface area contributed by atoms with E-state index in [-0.39, 0.29) is 0 Å². The molecule has 0 amide bonds.